The van der Waals surface area contributed by atoms with E-state index >= 15 is 0 Å². The van der Waals surface area contributed by atoms with Gasteiger partial charge in [0.2, 0.25) is 0 Å². The molecule has 0 radical (unpaired) electrons. The van der Waals surface area contributed by atoms with Crippen molar-refractivity contribution in [1.29, 1.82) is 0 Å². The van der Waals surface area contributed by atoms with Gasteiger partial charge in [0.15, 0.2) is 5.78 Å². The van der Waals surface area contributed by atoms with Gasteiger partial charge in [-0.3, -0.25) is 9.59 Å². The predicted molar refractivity (Wildman–Crippen MR) is 62.2 cm³/mol. The molecule has 0 amide bonds. The van der Waals surface area contributed by atoms with Gasteiger partial charge in [-0.05, 0) is 24.3 Å². The minimum atomic E-state index is -0.988. The Kier molecular flexibility index (Phi) is 4.52. The summed E-state index contributed by atoms with van der Waals surface area (Å²) in [5, 5.41) is 9.04. The van der Waals surface area contributed by atoms with Crippen molar-refractivity contribution in [1.82, 2.24) is 0 Å². The van der Waals surface area contributed by atoms with E-state index in [1.807, 2.05) is 0 Å². The topological polar surface area (TPSA) is 54.4 Å². The third-order valence-corrected chi connectivity index (χ3v) is 2.50. The molecule has 1 rings (SSSR count). The third kappa shape index (κ3) is 3.68. The average molecular weight is 259 g/mol. The highest BCUT2D eigenvalue weighted by molar-refractivity contribution is 6.42. The zero-order chi connectivity index (χ0) is 12.1. The first-order valence-electron chi connectivity index (χ1n) is 4.38. The Morgan fingerprint density at radius 1 is 1.25 bits per heavy atom. The van der Waals surface area contributed by atoms with Crippen LogP contribution in [0.25, 0.3) is 0 Å². The molecule has 0 fully saturated rings. The molecule has 1 aromatic carbocycles. The van der Waals surface area contributed by atoms with Crippen molar-refractivity contribution < 1.29 is 14.7 Å². The first-order chi connectivity index (χ1) is 7.50. The highest BCUT2D eigenvalue weighted by Crippen LogP contribution is 2.22. The van der Waals surface area contributed by atoms with E-state index in [1.54, 1.807) is 0 Å². The minimum Gasteiger partial charge on any atom is -0.481 e. The molecule has 0 saturated carbocycles. The molecule has 0 saturated heterocycles. The number of allylic oxidation sites excluding steroid dienone is 1. The molecule has 0 bridgehead atoms. The lowest BCUT2D eigenvalue weighted by atomic mass is 10.1. The van der Waals surface area contributed by atoms with Crippen LogP contribution in [0.1, 0.15) is 16.8 Å². The molecule has 1 aromatic rings. The molecule has 1 N–H and O–H groups in total. The normalized spacial score (nSPS) is 10.6. The summed E-state index contributed by atoms with van der Waals surface area (Å²) in [6.45, 7) is 0. The van der Waals surface area contributed by atoms with E-state index in [0.717, 1.165) is 0 Å². The monoisotopic (exact) mass is 258 g/mol. The maximum atomic E-state index is 11.5. The Morgan fingerprint density at radius 3 is 2.50 bits per heavy atom. The molecule has 16 heavy (non-hydrogen) atoms. The molecule has 0 aliphatic carbocycles. The molecule has 3 nitrogen and oxygen atoms in total. The molecular weight excluding hydrogens is 251 g/mol. The second kappa shape index (κ2) is 5.68. The highest BCUT2D eigenvalue weighted by Gasteiger charge is 2.05. The van der Waals surface area contributed by atoms with E-state index in [4.69, 9.17) is 28.3 Å². The van der Waals surface area contributed by atoms with E-state index in [9.17, 15) is 9.59 Å². The van der Waals surface area contributed by atoms with E-state index < -0.39 is 5.97 Å². The Morgan fingerprint density at radius 2 is 1.94 bits per heavy atom. The lowest BCUT2D eigenvalue weighted by Crippen LogP contribution is -1.96. The van der Waals surface area contributed by atoms with Crippen LogP contribution in [0, 0.1) is 0 Å². The summed E-state index contributed by atoms with van der Waals surface area (Å²) < 4.78 is 0. The van der Waals surface area contributed by atoms with Gasteiger partial charge >= 0.3 is 5.97 Å². The second-order valence-corrected chi connectivity index (χ2v) is 3.81. The van der Waals surface area contributed by atoms with E-state index in [-0.39, 0.29) is 12.2 Å². The quantitative estimate of drug-likeness (QED) is 0.667. The van der Waals surface area contributed by atoms with Crippen LogP contribution >= 0.6 is 23.2 Å². The van der Waals surface area contributed by atoms with Crippen molar-refractivity contribution in [3.8, 4) is 0 Å². The zero-order valence-corrected chi connectivity index (χ0v) is 9.63. The molecule has 0 aromatic heterocycles. The molecule has 5 heteroatoms. The second-order valence-electron chi connectivity index (χ2n) is 2.99. The van der Waals surface area contributed by atoms with Crippen LogP contribution in [0.3, 0.4) is 0 Å². The van der Waals surface area contributed by atoms with Gasteiger partial charge in [-0.15, -0.1) is 0 Å². The Balaban J connectivity index is 2.77. The fraction of sp³-hybridized carbons (Fsp3) is 0.0909. The lowest BCUT2D eigenvalue weighted by Gasteiger charge is -1.98. The number of carbonyl (C=O) groups is 2. The number of aliphatic carboxylic acids is 1. The largest absolute Gasteiger partial charge is 0.481 e. The van der Waals surface area contributed by atoms with Gasteiger partial charge < -0.3 is 5.11 Å². The summed E-state index contributed by atoms with van der Waals surface area (Å²) >= 11 is 11.4. The number of carboxylic acid groups (broad SMARTS) is 1. The molecule has 0 unspecified atom stereocenters. The maximum absolute atomic E-state index is 11.5. The Labute approximate surface area is 102 Å². The van der Waals surface area contributed by atoms with Crippen LogP contribution in [0.15, 0.2) is 30.4 Å². The van der Waals surface area contributed by atoms with Crippen molar-refractivity contribution in [2.45, 2.75) is 6.42 Å². The van der Waals surface area contributed by atoms with Gasteiger partial charge in [0.25, 0.3) is 0 Å². The van der Waals surface area contributed by atoms with E-state index in [0.29, 0.717) is 15.6 Å². The molecule has 0 heterocycles. The predicted octanol–water partition coefficient (Wildman–Crippen LogP) is 3.21. The first kappa shape index (κ1) is 12.7. The van der Waals surface area contributed by atoms with Crippen LogP contribution in [-0.4, -0.2) is 16.9 Å². The maximum Gasteiger partial charge on any atom is 0.307 e. The summed E-state index contributed by atoms with van der Waals surface area (Å²) in [5.41, 5.74) is 0.371. The fourth-order valence-electron chi connectivity index (χ4n) is 1.01. The number of hydrogen-bond acceptors (Lipinski definition) is 2. The van der Waals surface area contributed by atoms with Crippen molar-refractivity contribution in [2.24, 2.45) is 0 Å². The van der Waals surface area contributed by atoms with E-state index in [2.05, 4.69) is 0 Å². The summed E-state index contributed by atoms with van der Waals surface area (Å²) in [5.74, 6) is -1.29. The van der Waals surface area contributed by atoms with Crippen molar-refractivity contribution in [2.75, 3.05) is 0 Å². The summed E-state index contributed by atoms with van der Waals surface area (Å²) in [6.07, 6.45) is 2.30. The Hall–Kier alpha value is -1.32. The van der Waals surface area contributed by atoms with Gasteiger partial charge in [-0.2, -0.15) is 0 Å². The molecule has 84 valence electrons. The number of ketones is 1. The fourth-order valence-corrected chi connectivity index (χ4v) is 1.31. The van der Waals surface area contributed by atoms with Crippen LogP contribution in [-0.2, 0) is 4.79 Å². The van der Waals surface area contributed by atoms with Gasteiger partial charge in [0, 0.05) is 5.56 Å². The number of carbonyl (C=O) groups excluding carboxylic acids is 1. The van der Waals surface area contributed by atoms with Crippen LogP contribution in [0.4, 0.5) is 0 Å². The summed E-state index contributed by atoms with van der Waals surface area (Å²) in [7, 11) is 0. The van der Waals surface area contributed by atoms with Crippen molar-refractivity contribution in [3.63, 3.8) is 0 Å². The van der Waals surface area contributed by atoms with Crippen molar-refractivity contribution in [3.05, 3.63) is 46.0 Å². The highest BCUT2D eigenvalue weighted by atomic mass is 35.5. The van der Waals surface area contributed by atoms with Gasteiger partial charge in [-0.1, -0.05) is 29.3 Å². The Bertz CT molecular complexity index is 453. The van der Waals surface area contributed by atoms with Gasteiger partial charge in [0.05, 0.1) is 16.5 Å². The number of hydrogen-bond donors (Lipinski definition) is 1. The third-order valence-electron chi connectivity index (χ3n) is 1.77. The van der Waals surface area contributed by atoms with Crippen molar-refractivity contribution >= 4 is 35.0 Å². The van der Waals surface area contributed by atoms with Crippen LogP contribution < -0.4 is 0 Å². The summed E-state index contributed by atoms with van der Waals surface area (Å²) in [6, 6.07) is 4.49. The minimum absolute atomic E-state index is 0.187. The first-order valence-corrected chi connectivity index (χ1v) is 5.14. The average Bonchev–Trinajstić information content (AvgIpc) is 2.21. The molecule has 0 spiro atoms. The number of benzene rings is 1. The molecule has 0 aliphatic rings. The van der Waals surface area contributed by atoms with Crippen LogP contribution in [0.2, 0.25) is 10.0 Å². The SMILES string of the molecule is O=C(O)CC=CC(=O)c1ccc(Cl)c(Cl)c1. The van der Waals surface area contributed by atoms with Crippen LogP contribution in [0.5, 0.6) is 0 Å². The number of halogens is 2. The smallest absolute Gasteiger partial charge is 0.307 e. The standard InChI is InChI=1S/C11H8Cl2O3/c12-8-5-4-7(6-9(8)13)10(14)2-1-3-11(15)16/h1-2,4-6H,3H2,(H,15,16). The summed E-state index contributed by atoms with van der Waals surface area (Å²) in [4.78, 5) is 21.7. The zero-order valence-electron chi connectivity index (χ0n) is 8.11. The van der Waals surface area contributed by atoms with Gasteiger partial charge in [0.1, 0.15) is 0 Å². The molecule has 0 atom stereocenters. The molecule has 0 aliphatic heterocycles. The van der Waals surface area contributed by atoms with E-state index in [1.165, 1.54) is 30.4 Å². The number of rotatable bonds is 4. The lowest BCUT2D eigenvalue weighted by molar-refractivity contribution is -0.135. The molecular formula is C11H8Cl2O3. The number of carboxylic acids is 1. The van der Waals surface area contributed by atoms with Gasteiger partial charge in [-0.25, -0.2) is 0 Å².